The van der Waals surface area contributed by atoms with E-state index in [1.54, 1.807) is 6.33 Å². The van der Waals surface area contributed by atoms with Crippen LogP contribution < -0.4 is 5.32 Å². The van der Waals surface area contributed by atoms with Gasteiger partial charge in [-0.3, -0.25) is 5.10 Å². The van der Waals surface area contributed by atoms with Gasteiger partial charge < -0.3 is 10.3 Å². The zero-order valence-electron chi connectivity index (χ0n) is 9.59. The fourth-order valence-corrected chi connectivity index (χ4v) is 1.71. The van der Waals surface area contributed by atoms with Crippen molar-refractivity contribution in [3.63, 3.8) is 0 Å². The Bertz CT molecular complexity index is 614. The SMILES string of the molecule is c1n[nH]c(CCCNc2ncnc3nc[nH]c23)n1. The molecule has 18 heavy (non-hydrogen) atoms. The maximum absolute atomic E-state index is 4.18. The lowest BCUT2D eigenvalue weighted by Crippen LogP contribution is -2.06. The fraction of sp³-hybridized carbons (Fsp3) is 0.300. The molecule has 0 aliphatic heterocycles. The molecule has 0 aliphatic rings. The first-order valence-corrected chi connectivity index (χ1v) is 5.65. The highest BCUT2D eigenvalue weighted by Crippen LogP contribution is 2.14. The first kappa shape index (κ1) is 10.6. The van der Waals surface area contributed by atoms with Gasteiger partial charge in [0.25, 0.3) is 0 Å². The molecule has 8 nitrogen and oxygen atoms in total. The van der Waals surface area contributed by atoms with Crippen LogP contribution in [-0.4, -0.2) is 41.7 Å². The Morgan fingerprint density at radius 3 is 3.00 bits per heavy atom. The number of imidazole rings is 1. The third-order valence-electron chi connectivity index (χ3n) is 2.57. The molecular formula is C10H12N8. The summed E-state index contributed by atoms with van der Waals surface area (Å²) in [4.78, 5) is 19.4. The summed E-state index contributed by atoms with van der Waals surface area (Å²) in [7, 11) is 0. The van der Waals surface area contributed by atoms with Gasteiger partial charge in [0.15, 0.2) is 11.5 Å². The van der Waals surface area contributed by atoms with Crippen LogP contribution in [0.3, 0.4) is 0 Å². The van der Waals surface area contributed by atoms with E-state index in [1.807, 2.05) is 0 Å². The number of anilines is 1. The Labute approximate surface area is 102 Å². The minimum absolute atomic E-state index is 0.669. The molecule has 3 aromatic heterocycles. The van der Waals surface area contributed by atoms with Gasteiger partial charge in [-0.05, 0) is 6.42 Å². The van der Waals surface area contributed by atoms with Crippen molar-refractivity contribution in [2.45, 2.75) is 12.8 Å². The van der Waals surface area contributed by atoms with Gasteiger partial charge in [-0.1, -0.05) is 0 Å². The van der Waals surface area contributed by atoms with E-state index in [-0.39, 0.29) is 0 Å². The normalized spacial score (nSPS) is 10.9. The Morgan fingerprint density at radius 1 is 1.11 bits per heavy atom. The second-order valence-electron chi connectivity index (χ2n) is 3.79. The van der Waals surface area contributed by atoms with Crippen LogP contribution in [0.5, 0.6) is 0 Å². The predicted octanol–water partition coefficient (Wildman–Crippen LogP) is 0.516. The Morgan fingerprint density at radius 2 is 2.11 bits per heavy atom. The largest absolute Gasteiger partial charge is 0.368 e. The average molecular weight is 244 g/mol. The molecule has 3 heterocycles. The Hall–Kier alpha value is -2.51. The van der Waals surface area contributed by atoms with Crippen molar-refractivity contribution in [3.8, 4) is 0 Å². The van der Waals surface area contributed by atoms with E-state index in [9.17, 15) is 0 Å². The first-order chi connectivity index (χ1) is 8.93. The highest BCUT2D eigenvalue weighted by atomic mass is 15.2. The molecule has 0 aliphatic carbocycles. The summed E-state index contributed by atoms with van der Waals surface area (Å²) in [5, 5.41) is 9.89. The molecule has 3 N–H and O–H groups in total. The van der Waals surface area contributed by atoms with Crippen LogP contribution >= 0.6 is 0 Å². The molecule has 0 spiro atoms. The highest BCUT2D eigenvalue weighted by Gasteiger charge is 2.04. The highest BCUT2D eigenvalue weighted by molar-refractivity contribution is 5.81. The summed E-state index contributed by atoms with van der Waals surface area (Å²) < 4.78 is 0. The third-order valence-corrected chi connectivity index (χ3v) is 2.57. The van der Waals surface area contributed by atoms with Crippen LogP contribution in [0.2, 0.25) is 0 Å². The molecule has 0 bridgehead atoms. The molecule has 0 fully saturated rings. The van der Waals surface area contributed by atoms with Crippen LogP contribution in [0, 0.1) is 0 Å². The summed E-state index contributed by atoms with van der Waals surface area (Å²) in [6.07, 6.45) is 6.42. The summed E-state index contributed by atoms with van der Waals surface area (Å²) in [6.45, 7) is 0.797. The molecule has 8 heteroatoms. The van der Waals surface area contributed by atoms with Gasteiger partial charge >= 0.3 is 0 Å². The van der Waals surface area contributed by atoms with Gasteiger partial charge in [-0.2, -0.15) is 5.10 Å². The molecule has 0 unspecified atom stereocenters. The van der Waals surface area contributed by atoms with Crippen molar-refractivity contribution in [1.82, 2.24) is 35.1 Å². The van der Waals surface area contributed by atoms with Crippen molar-refractivity contribution in [3.05, 3.63) is 24.8 Å². The van der Waals surface area contributed by atoms with Crippen LogP contribution in [-0.2, 0) is 6.42 Å². The van der Waals surface area contributed by atoms with E-state index >= 15 is 0 Å². The van der Waals surface area contributed by atoms with Crippen LogP contribution in [0.15, 0.2) is 19.0 Å². The monoisotopic (exact) mass is 244 g/mol. The molecule has 0 amide bonds. The smallest absolute Gasteiger partial charge is 0.182 e. The molecule has 3 rings (SSSR count). The van der Waals surface area contributed by atoms with Crippen molar-refractivity contribution >= 4 is 17.0 Å². The third kappa shape index (κ3) is 2.12. The summed E-state index contributed by atoms with van der Waals surface area (Å²) in [5.74, 6) is 1.67. The number of fused-ring (bicyclic) bond motifs is 1. The number of H-pyrrole nitrogens is 2. The van der Waals surface area contributed by atoms with Crippen LogP contribution in [0.25, 0.3) is 11.2 Å². The number of aromatic amines is 2. The molecule has 0 saturated heterocycles. The number of aromatic nitrogens is 7. The maximum Gasteiger partial charge on any atom is 0.182 e. The zero-order valence-corrected chi connectivity index (χ0v) is 9.59. The number of hydrogen-bond acceptors (Lipinski definition) is 6. The lowest BCUT2D eigenvalue weighted by Gasteiger charge is -2.04. The fourth-order valence-electron chi connectivity index (χ4n) is 1.71. The molecule has 3 aromatic rings. The van der Waals surface area contributed by atoms with Crippen molar-refractivity contribution in [1.29, 1.82) is 0 Å². The quantitative estimate of drug-likeness (QED) is 0.564. The molecular weight excluding hydrogens is 232 g/mol. The van der Waals surface area contributed by atoms with Crippen molar-refractivity contribution < 1.29 is 0 Å². The van der Waals surface area contributed by atoms with Gasteiger partial charge in [0.2, 0.25) is 0 Å². The second kappa shape index (κ2) is 4.78. The second-order valence-corrected chi connectivity index (χ2v) is 3.79. The number of nitrogens with zero attached hydrogens (tertiary/aromatic N) is 5. The Balaban J connectivity index is 1.58. The Kier molecular flexibility index (Phi) is 2.82. The summed E-state index contributed by atoms with van der Waals surface area (Å²) in [6, 6.07) is 0. The topological polar surface area (TPSA) is 108 Å². The predicted molar refractivity (Wildman–Crippen MR) is 64.9 cm³/mol. The van der Waals surface area contributed by atoms with Gasteiger partial charge in [0.05, 0.1) is 6.33 Å². The number of aryl methyl sites for hydroxylation is 1. The van der Waals surface area contributed by atoms with Crippen LogP contribution in [0.4, 0.5) is 5.82 Å². The van der Waals surface area contributed by atoms with E-state index in [0.29, 0.717) is 5.65 Å². The lowest BCUT2D eigenvalue weighted by molar-refractivity contribution is 0.804. The zero-order chi connectivity index (χ0) is 12.2. The maximum atomic E-state index is 4.18. The lowest BCUT2D eigenvalue weighted by atomic mass is 10.3. The van der Waals surface area contributed by atoms with E-state index in [0.717, 1.165) is 36.5 Å². The first-order valence-electron chi connectivity index (χ1n) is 5.65. The molecule has 0 radical (unpaired) electrons. The molecule has 92 valence electrons. The standard InChI is InChI=1S/C10H12N8/c1(2-7-12-6-17-18-7)3-11-9-8-10(14-4-13-8)16-5-15-9/h4-6H,1-3H2,(H,12,17,18)(H2,11,13,14,15,16). The number of nitrogens with one attached hydrogen (secondary N) is 3. The van der Waals surface area contributed by atoms with E-state index in [1.165, 1.54) is 12.7 Å². The van der Waals surface area contributed by atoms with Crippen molar-refractivity contribution in [2.24, 2.45) is 0 Å². The van der Waals surface area contributed by atoms with Crippen molar-refractivity contribution in [2.75, 3.05) is 11.9 Å². The molecule has 0 aromatic carbocycles. The van der Waals surface area contributed by atoms with Gasteiger partial charge in [-0.15, -0.1) is 0 Å². The summed E-state index contributed by atoms with van der Waals surface area (Å²) >= 11 is 0. The average Bonchev–Trinajstić information content (AvgIpc) is 3.05. The number of hydrogen-bond donors (Lipinski definition) is 3. The summed E-state index contributed by atoms with van der Waals surface area (Å²) in [5.41, 5.74) is 1.50. The minimum atomic E-state index is 0.669. The molecule has 0 atom stereocenters. The molecule has 0 saturated carbocycles. The van der Waals surface area contributed by atoms with Gasteiger partial charge in [0, 0.05) is 13.0 Å². The van der Waals surface area contributed by atoms with E-state index in [2.05, 4.69) is 40.4 Å². The van der Waals surface area contributed by atoms with Gasteiger partial charge in [-0.25, -0.2) is 19.9 Å². The number of rotatable bonds is 5. The van der Waals surface area contributed by atoms with Gasteiger partial charge in [0.1, 0.15) is 24.0 Å². The van der Waals surface area contributed by atoms with E-state index < -0.39 is 0 Å². The minimum Gasteiger partial charge on any atom is -0.368 e. The van der Waals surface area contributed by atoms with E-state index in [4.69, 9.17) is 0 Å². The van der Waals surface area contributed by atoms with Crippen LogP contribution in [0.1, 0.15) is 12.2 Å².